The first kappa shape index (κ1) is 31.1. The molecule has 0 amide bonds. The lowest BCUT2D eigenvalue weighted by molar-refractivity contribution is 1.19. The van der Waals surface area contributed by atoms with E-state index in [0.717, 1.165) is 61.2 Å². The number of rotatable bonds is 11. The van der Waals surface area contributed by atoms with Gasteiger partial charge in [0.05, 0.1) is 11.0 Å². The molecular formula is C45H36N4. The highest BCUT2D eigenvalue weighted by atomic mass is 15.0. The van der Waals surface area contributed by atoms with Crippen LogP contribution in [0.1, 0.15) is 17.7 Å². The number of allylic oxidation sites excluding steroid dienone is 9. The Morgan fingerprint density at radius 1 is 0.653 bits per heavy atom. The zero-order valence-electron chi connectivity index (χ0n) is 27.2. The summed E-state index contributed by atoms with van der Waals surface area (Å²) in [4.78, 5) is 3.37. The Balaban J connectivity index is 1.45. The smallest absolute Gasteiger partial charge is 0.0619 e. The molecule has 0 radical (unpaired) electrons. The maximum Gasteiger partial charge on any atom is 0.0619 e. The molecule has 2 heterocycles. The third-order valence-corrected chi connectivity index (χ3v) is 9.22. The minimum Gasteiger partial charge on any atom is -0.361 e. The highest BCUT2D eigenvalue weighted by molar-refractivity contribution is 6.19. The van der Waals surface area contributed by atoms with Crippen LogP contribution in [-0.4, -0.2) is 22.0 Å². The van der Waals surface area contributed by atoms with Crippen molar-refractivity contribution in [2.24, 2.45) is 0 Å². The van der Waals surface area contributed by atoms with Crippen molar-refractivity contribution in [2.75, 3.05) is 0 Å². The zero-order valence-corrected chi connectivity index (χ0v) is 27.2. The Bertz CT molecular complexity index is 2560. The lowest BCUT2D eigenvalue weighted by Gasteiger charge is -2.12. The van der Waals surface area contributed by atoms with Crippen molar-refractivity contribution in [3.05, 3.63) is 176 Å². The van der Waals surface area contributed by atoms with Crippen molar-refractivity contribution in [2.45, 2.75) is 6.42 Å². The standard InChI is InChI=1S/C45H36N4/c1-4-30(21-23-46)11-12-31(5-2)35-14-18-40-37(25-35)16-20-42-41-19-15-36(38-27-43(48-29-38)32(6-3)22-24-47)28-44(41)49(45(40)42)39-17-13-33-9-7-8-10-34(33)26-39/h4-10,12-29,46-48H,1-3,11H2/b30-21+,31-12+,32-22+,46-23?,47-24?. The van der Waals surface area contributed by atoms with Crippen LogP contribution in [0.5, 0.6) is 0 Å². The Morgan fingerprint density at radius 2 is 1.41 bits per heavy atom. The third kappa shape index (κ3) is 5.70. The van der Waals surface area contributed by atoms with E-state index in [2.05, 4.69) is 132 Å². The van der Waals surface area contributed by atoms with Crippen molar-refractivity contribution in [1.82, 2.24) is 9.55 Å². The van der Waals surface area contributed by atoms with E-state index in [1.165, 1.54) is 39.4 Å². The average Bonchev–Trinajstić information content (AvgIpc) is 3.76. The quantitative estimate of drug-likeness (QED) is 0.0938. The van der Waals surface area contributed by atoms with Gasteiger partial charge in [0.2, 0.25) is 0 Å². The fraction of sp³-hybridized carbons (Fsp3) is 0.0222. The summed E-state index contributed by atoms with van der Waals surface area (Å²) in [5.41, 5.74) is 10.5. The van der Waals surface area contributed by atoms with Crippen LogP contribution in [0.25, 0.3) is 71.3 Å². The van der Waals surface area contributed by atoms with Gasteiger partial charge in [-0.1, -0.05) is 111 Å². The molecule has 7 aromatic rings. The molecule has 236 valence electrons. The molecule has 2 aromatic heterocycles. The Labute approximate surface area is 286 Å². The highest BCUT2D eigenvalue weighted by Crippen LogP contribution is 2.40. The van der Waals surface area contributed by atoms with Gasteiger partial charge >= 0.3 is 0 Å². The molecule has 0 aliphatic rings. The molecule has 0 atom stereocenters. The molecule has 49 heavy (non-hydrogen) atoms. The average molecular weight is 633 g/mol. The molecule has 0 unspecified atom stereocenters. The first-order valence-electron chi connectivity index (χ1n) is 16.2. The number of fused-ring (bicyclic) bond motifs is 6. The Morgan fingerprint density at radius 3 is 2.18 bits per heavy atom. The molecule has 0 aliphatic carbocycles. The van der Waals surface area contributed by atoms with Crippen molar-refractivity contribution in [3.8, 4) is 16.8 Å². The van der Waals surface area contributed by atoms with Gasteiger partial charge in [0.15, 0.2) is 0 Å². The van der Waals surface area contributed by atoms with Crippen LogP contribution >= 0.6 is 0 Å². The van der Waals surface area contributed by atoms with E-state index >= 15 is 0 Å². The number of hydrogen-bond donors (Lipinski definition) is 3. The first-order chi connectivity index (χ1) is 24.1. The maximum absolute atomic E-state index is 7.53. The van der Waals surface area contributed by atoms with Crippen LogP contribution in [0, 0.1) is 10.8 Å². The molecule has 0 saturated carbocycles. The summed E-state index contributed by atoms with van der Waals surface area (Å²) >= 11 is 0. The molecule has 4 nitrogen and oxygen atoms in total. The molecule has 5 aromatic carbocycles. The SMILES string of the molecule is C=C/C(=C\C=N)C/C=C(\C=C)c1ccc2c(ccc3c4ccc(-c5c[nH]c(/C(C=C)=C/C=N)c5)cc4n(-c4ccc5ccccc5c4)c23)c1. The molecule has 0 bridgehead atoms. The minimum atomic E-state index is 0.673. The van der Waals surface area contributed by atoms with Crippen molar-refractivity contribution in [1.29, 1.82) is 10.8 Å². The van der Waals surface area contributed by atoms with E-state index in [1.807, 2.05) is 12.3 Å². The monoisotopic (exact) mass is 632 g/mol. The Kier molecular flexibility index (Phi) is 8.44. The topological polar surface area (TPSA) is 68.4 Å². The second-order valence-electron chi connectivity index (χ2n) is 12.0. The van der Waals surface area contributed by atoms with E-state index in [9.17, 15) is 0 Å². The van der Waals surface area contributed by atoms with Gasteiger partial charge in [0, 0.05) is 46.2 Å². The van der Waals surface area contributed by atoms with E-state index in [1.54, 1.807) is 24.3 Å². The van der Waals surface area contributed by atoms with Crippen molar-refractivity contribution >= 4 is 66.9 Å². The van der Waals surface area contributed by atoms with Crippen LogP contribution in [-0.2, 0) is 0 Å². The van der Waals surface area contributed by atoms with Crippen LogP contribution in [0.15, 0.2) is 165 Å². The summed E-state index contributed by atoms with van der Waals surface area (Å²) in [6.45, 7) is 11.9. The van der Waals surface area contributed by atoms with Crippen LogP contribution in [0.4, 0.5) is 0 Å². The molecule has 0 spiro atoms. The molecule has 4 heteroatoms. The van der Waals surface area contributed by atoms with E-state index in [4.69, 9.17) is 10.8 Å². The first-order valence-corrected chi connectivity index (χ1v) is 16.2. The van der Waals surface area contributed by atoms with Crippen molar-refractivity contribution in [3.63, 3.8) is 0 Å². The highest BCUT2D eigenvalue weighted by Gasteiger charge is 2.17. The summed E-state index contributed by atoms with van der Waals surface area (Å²) < 4.78 is 2.41. The lowest BCUT2D eigenvalue weighted by atomic mass is 9.97. The van der Waals surface area contributed by atoms with Gasteiger partial charge in [-0.05, 0) is 98.5 Å². The molecule has 7 rings (SSSR count). The fourth-order valence-corrected chi connectivity index (χ4v) is 6.74. The van der Waals surface area contributed by atoms with Gasteiger partial charge in [-0.15, -0.1) is 0 Å². The normalized spacial score (nSPS) is 12.5. The molecule has 0 saturated heterocycles. The van der Waals surface area contributed by atoms with E-state index in [0.29, 0.717) is 6.42 Å². The van der Waals surface area contributed by atoms with Crippen LogP contribution < -0.4 is 0 Å². The third-order valence-electron chi connectivity index (χ3n) is 9.22. The van der Waals surface area contributed by atoms with Crippen molar-refractivity contribution < 1.29 is 0 Å². The number of aromatic amines is 1. The molecule has 0 fully saturated rings. The largest absolute Gasteiger partial charge is 0.361 e. The van der Waals surface area contributed by atoms with Crippen LogP contribution in [0.2, 0.25) is 0 Å². The van der Waals surface area contributed by atoms with Gasteiger partial charge in [-0.2, -0.15) is 0 Å². The Hall–Kier alpha value is -6.52. The summed E-state index contributed by atoms with van der Waals surface area (Å²) in [6.07, 6.45) is 16.4. The summed E-state index contributed by atoms with van der Waals surface area (Å²) in [6, 6.07) is 35.1. The summed E-state index contributed by atoms with van der Waals surface area (Å²) in [7, 11) is 0. The predicted octanol–water partition coefficient (Wildman–Crippen LogP) is 12.0. The maximum atomic E-state index is 7.53. The second-order valence-corrected chi connectivity index (χ2v) is 12.0. The van der Waals surface area contributed by atoms with E-state index in [-0.39, 0.29) is 0 Å². The molecule has 0 aliphatic heterocycles. The van der Waals surface area contributed by atoms with E-state index < -0.39 is 0 Å². The number of nitrogens with one attached hydrogen (secondary N) is 3. The number of H-pyrrole nitrogens is 1. The number of benzene rings is 5. The minimum absolute atomic E-state index is 0.673. The van der Waals surface area contributed by atoms with Crippen LogP contribution in [0.3, 0.4) is 0 Å². The zero-order chi connectivity index (χ0) is 33.9. The second kappa shape index (κ2) is 13.3. The fourth-order valence-electron chi connectivity index (χ4n) is 6.74. The number of hydrogen-bond acceptors (Lipinski definition) is 2. The molecule has 3 N–H and O–H groups in total. The van der Waals surface area contributed by atoms with Gasteiger partial charge < -0.3 is 20.4 Å². The molecular weight excluding hydrogens is 597 g/mol. The number of aromatic nitrogens is 2. The number of nitrogens with zero attached hydrogens (tertiary/aromatic N) is 1. The van der Waals surface area contributed by atoms with Gasteiger partial charge in [0.25, 0.3) is 0 Å². The van der Waals surface area contributed by atoms with Gasteiger partial charge in [0.1, 0.15) is 0 Å². The summed E-state index contributed by atoms with van der Waals surface area (Å²) in [5, 5.41) is 22.1. The van der Waals surface area contributed by atoms with Gasteiger partial charge in [-0.3, -0.25) is 0 Å². The van der Waals surface area contributed by atoms with Gasteiger partial charge in [-0.25, -0.2) is 0 Å². The summed E-state index contributed by atoms with van der Waals surface area (Å²) in [5.74, 6) is 0. The lowest BCUT2D eigenvalue weighted by Crippen LogP contribution is -1.95. The predicted molar refractivity (Wildman–Crippen MR) is 212 cm³/mol.